The zero-order valence-electron chi connectivity index (χ0n) is 9.10. The van der Waals surface area contributed by atoms with Crippen LogP contribution in [-0.4, -0.2) is 69.3 Å². The van der Waals surface area contributed by atoms with Gasteiger partial charge in [-0.1, -0.05) is 0 Å². The van der Waals surface area contributed by atoms with E-state index in [0.717, 1.165) is 19.5 Å². The Hall–Kier alpha value is -0.170. The van der Waals surface area contributed by atoms with Crippen molar-refractivity contribution in [1.29, 1.82) is 0 Å². The summed E-state index contributed by atoms with van der Waals surface area (Å²) in [6.07, 6.45) is 0.906. The fourth-order valence-corrected chi connectivity index (χ4v) is 2.62. The molecule has 1 aliphatic heterocycles. The molecule has 1 saturated heterocycles. The highest BCUT2D eigenvalue weighted by atomic mass is 32.2. The molecule has 84 valence electrons. The minimum absolute atomic E-state index is 0.594. The monoisotopic (exact) mass is 221 g/mol. The fraction of sp³-hybridized carbons (Fsp3) is 1.00. The molecular weight excluding hydrogens is 202 g/mol. The molecule has 0 aromatic rings. The fourth-order valence-electron chi connectivity index (χ4n) is 1.48. The summed E-state index contributed by atoms with van der Waals surface area (Å²) in [5.74, 6) is 0. The van der Waals surface area contributed by atoms with Crippen LogP contribution in [0.3, 0.4) is 0 Å². The average molecular weight is 221 g/mol. The molecule has 0 aliphatic carbocycles. The van der Waals surface area contributed by atoms with E-state index in [1.54, 1.807) is 18.4 Å². The number of hydrogen-bond acceptors (Lipinski definition) is 3. The molecule has 1 rings (SSSR count). The Kier molecular flexibility index (Phi) is 3.88. The van der Waals surface area contributed by atoms with Crippen molar-refractivity contribution in [2.24, 2.45) is 0 Å². The smallest absolute Gasteiger partial charge is 0.281 e. The van der Waals surface area contributed by atoms with E-state index in [1.807, 2.05) is 7.05 Å². The van der Waals surface area contributed by atoms with E-state index in [1.165, 1.54) is 4.31 Å². The normalized spacial score (nSPS) is 22.6. The van der Waals surface area contributed by atoms with Crippen LogP contribution >= 0.6 is 0 Å². The van der Waals surface area contributed by atoms with Gasteiger partial charge in [-0.05, 0) is 20.0 Å². The second-order valence-electron chi connectivity index (χ2n) is 3.85. The van der Waals surface area contributed by atoms with Crippen molar-refractivity contribution in [3.8, 4) is 0 Å². The Morgan fingerprint density at radius 3 is 2.29 bits per heavy atom. The molecule has 5 nitrogen and oxygen atoms in total. The first-order valence-corrected chi connectivity index (χ1v) is 6.20. The minimum atomic E-state index is -3.21. The van der Waals surface area contributed by atoms with Gasteiger partial charge in [0.1, 0.15) is 0 Å². The Morgan fingerprint density at radius 2 is 1.71 bits per heavy atom. The maximum absolute atomic E-state index is 11.8. The maximum atomic E-state index is 11.8. The van der Waals surface area contributed by atoms with Crippen LogP contribution in [-0.2, 0) is 10.2 Å². The first kappa shape index (κ1) is 11.9. The van der Waals surface area contributed by atoms with Crippen LogP contribution < -0.4 is 0 Å². The molecule has 0 aromatic carbocycles. The highest BCUT2D eigenvalue weighted by molar-refractivity contribution is 7.86. The lowest BCUT2D eigenvalue weighted by atomic mass is 10.4. The third-order valence-corrected chi connectivity index (χ3v) is 4.41. The van der Waals surface area contributed by atoms with E-state index in [2.05, 4.69) is 4.90 Å². The van der Waals surface area contributed by atoms with E-state index in [0.29, 0.717) is 13.1 Å². The van der Waals surface area contributed by atoms with E-state index in [-0.39, 0.29) is 0 Å². The lowest BCUT2D eigenvalue weighted by Gasteiger charge is -2.23. The highest BCUT2D eigenvalue weighted by Crippen LogP contribution is 2.08. The van der Waals surface area contributed by atoms with Crippen molar-refractivity contribution < 1.29 is 8.42 Å². The molecule has 1 heterocycles. The summed E-state index contributed by atoms with van der Waals surface area (Å²) in [6, 6.07) is 0. The molecule has 0 saturated carbocycles. The summed E-state index contributed by atoms with van der Waals surface area (Å²) in [5.41, 5.74) is 0. The Labute approximate surface area is 86.5 Å². The van der Waals surface area contributed by atoms with Gasteiger partial charge in [0.05, 0.1) is 0 Å². The van der Waals surface area contributed by atoms with Gasteiger partial charge in [-0.3, -0.25) is 0 Å². The van der Waals surface area contributed by atoms with Gasteiger partial charge in [-0.25, -0.2) is 0 Å². The van der Waals surface area contributed by atoms with Gasteiger partial charge in [-0.15, -0.1) is 0 Å². The van der Waals surface area contributed by atoms with Crippen LogP contribution in [0.2, 0.25) is 0 Å². The van der Waals surface area contributed by atoms with Gasteiger partial charge >= 0.3 is 0 Å². The van der Waals surface area contributed by atoms with Gasteiger partial charge in [0, 0.05) is 33.7 Å². The maximum Gasteiger partial charge on any atom is 0.281 e. The SMILES string of the molecule is CN1CCCN(S(=O)(=O)N(C)C)CC1. The van der Waals surface area contributed by atoms with Gasteiger partial charge in [-0.2, -0.15) is 17.0 Å². The molecule has 0 amide bonds. The Bertz CT molecular complexity index is 276. The van der Waals surface area contributed by atoms with Gasteiger partial charge in [0.2, 0.25) is 0 Å². The molecule has 0 bridgehead atoms. The van der Waals surface area contributed by atoms with Crippen LogP contribution in [0.15, 0.2) is 0 Å². The van der Waals surface area contributed by atoms with Crippen molar-refractivity contribution in [2.75, 3.05) is 47.3 Å². The lowest BCUT2D eigenvalue weighted by Crippen LogP contribution is -2.41. The molecule has 1 fully saturated rings. The van der Waals surface area contributed by atoms with E-state index >= 15 is 0 Å². The Morgan fingerprint density at radius 1 is 1.07 bits per heavy atom. The van der Waals surface area contributed by atoms with Crippen LogP contribution in [0.25, 0.3) is 0 Å². The quantitative estimate of drug-likeness (QED) is 0.627. The summed E-state index contributed by atoms with van der Waals surface area (Å²) >= 11 is 0. The first-order chi connectivity index (χ1) is 6.44. The van der Waals surface area contributed by atoms with E-state index in [4.69, 9.17) is 0 Å². The molecule has 0 atom stereocenters. The zero-order valence-corrected chi connectivity index (χ0v) is 9.92. The summed E-state index contributed by atoms with van der Waals surface area (Å²) < 4.78 is 26.4. The van der Waals surface area contributed by atoms with Crippen LogP contribution in [0.4, 0.5) is 0 Å². The van der Waals surface area contributed by atoms with Crippen LogP contribution in [0, 0.1) is 0 Å². The lowest BCUT2D eigenvalue weighted by molar-refractivity contribution is 0.341. The van der Waals surface area contributed by atoms with Crippen molar-refractivity contribution >= 4 is 10.2 Å². The van der Waals surface area contributed by atoms with Crippen LogP contribution in [0.5, 0.6) is 0 Å². The molecule has 0 spiro atoms. The second-order valence-corrected chi connectivity index (χ2v) is 5.99. The average Bonchev–Trinajstić information content (AvgIpc) is 2.29. The third-order valence-electron chi connectivity index (χ3n) is 2.47. The number of hydrogen-bond donors (Lipinski definition) is 0. The van der Waals surface area contributed by atoms with Gasteiger partial charge in [0.25, 0.3) is 10.2 Å². The second kappa shape index (κ2) is 4.57. The van der Waals surface area contributed by atoms with Crippen molar-refractivity contribution in [1.82, 2.24) is 13.5 Å². The summed E-state index contributed by atoms with van der Waals surface area (Å²) in [5, 5.41) is 0. The molecule has 0 aromatic heterocycles. The van der Waals surface area contributed by atoms with Gasteiger partial charge < -0.3 is 4.90 Å². The van der Waals surface area contributed by atoms with Crippen molar-refractivity contribution in [3.63, 3.8) is 0 Å². The van der Waals surface area contributed by atoms with Crippen molar-refractivity contribution in [2.45, 2.75) is 6.42 Å². The zero-order chi connectivity index (χ0) is 10.8. The molecule has 0 N–H and O–H groups in total. The van der Waals surface area contributed by atoms with E-state index < -0.39 is 10.2 Å². The number of rotatable bonds is 2. The van der Waals surface area contributed by atoms with Crippen LogP contribution in [0.1, 0.15) is 6.42 Å². The predicted octanol–water partition coefficient (Wildman–Crippen LogP) is -0.570. The minimum Gasteiger partial charge on any atom is -0.305 e. The molecule has 0 unspecified atom stereocenters. The Balaban J connectivity index is 2.69. The van der Waals surface area contributed by atoms with E-state index in [9.17, 15) is 8.42 Å². The molecule has 6 heteroatoms. The first-order valence-electron chi connectivity index (χ1n) is 4.81. The summed E-state index contributed by atoms with van der Waals surface area (Å²) in [4.78, 5) is 2.16. The van der Waals surface area contributed by atoms with Gasteiger partial charge in [0.15, 0.2) is 0 Å². The number of likely N-dealkylation sites (N-methyl/N-ethyl adjacent to an activating group) is 1. The molecule has 1 aliphatic rings. The highest BCUT2D eigenvalue weighted by Gasteiger charge is 2.25. The summed E-state index contributed by atoms with van der Waals surface area (Å²) in [7, 11) is 1.96. The number of nitrogens with zero attached hydrogens (tertiary/aromatic N) is 3. The summed E-state index contributed by atoms with van der Waals surface area (Å²) in [6.45, 7) is 3.01. The third kappa shape index (κ3) is 2.66. The molecule has 14 heavy (non-hydrogen) atoms. The standard InChI is InChI=1S/C8H19N3O2S/c1-9(2)14(12,13)11-6-4-5-10(3)7-8-11/h4-8H2,1-3H3. The van der Waals surface area contributed by atoms with Crippen molar-refractivity contribution in [3.05, 3.63) is 0 Å². The predicted molar refractivity (Wildman–Crippen MR) is 56.3 cm³/mol. The topological polar surface area (TPSA) is 43.9 Å². The molecule has 0 radical (unpaired) electrons. The largest absolute Gasteiger partial charge is 0.305 e. The molecular formula is C8H19N3O2S.